The Morgan fingerprint density at radius 1 is 0.868 bits per heavy atom. The van der Waals surface area contributed by atoms with Crippen LogP contribution in [-0.4, -0.2) is 66.3 Å². The van der Waals surface area contributed by atoms with Gasteiger partial charge in [-0.25, -0.2) is 0 Å². The van der Waals surface area contributed by atoms with Gasteiger partial charge >= 0.3 is 0 Å². The first-order valence-electron chi connectivity index (χ1n) is 14.1. The van der Waals surface area contributed by atoms with Crippen molar-refractivity contribution in [2.75, 3.05) is 32.8 Å². The fourth-order valence-corrected chi connectivity index (χ4v) is 6.43. The van der Waals surface area contributed by atoms with Crippen molar-refractivity contribution < 1.29 is 19.1 Å². The molecule has 1 saturated carbocycles. The van der Waals surface area contributed by atoms with E-state index in [4.69, 9.17) is 4.74 Å². The van der Waals surface area contributed by atoms with Crippen molar-refractivity contribution in [3.63, 3.8) is 0 Å². The molecule has 2 atom stereocenters. The minimum Gasteiger partial charge on any atom is -0.494 e. The van der Waals surface area contributed by atoms with Crippen LogP contribution in [0.3, 0.4) is 0 Å². The summed E-state index contributed by atoms with van der Waals surface area (Å²) in [5.41, 5.74) is 1.41. The SMILES string of the molecule is CCOc1ccc(C(=O)N2CCC3(CC2)CCN(C(=O)C2CCCCC2NC(=O)c2ccccc2)C3)cc1. The molecule has 2 saturated heterocycles. The Bertz CT molecular complexity index is 1130. The first-order valence-corrected chi connectivity index (χ1v) is 14.1. The highest BCUT2D eigenvalue weighted by Gasteiger charge is 2.45. The zero-order chi connectivity index (χ0) is 26.5. The molecule has 202 valence electrons. The number of ether oxygens (including phenoxy) is 1. The van der Waals surface area contributed by atoms with Crippen LogP contribution < -0.4 is 10.1 Å². The van der Waals surface area contributed by atoms with Gasteiger partial charge in [0.05, 0.1) is 12.5 Å². The van der Waals surface area contributed by atoms with E-state index in [0.717, 1.165) is 63.8 Å². The fraction of sp³-hybridized carbons (Fsp3) is 0.516. The lowest BCUT2D eigenvalue weighted by Gasteiger charge is -2.40. The van der Waals surface area contributed by atoms with Crippen LogP contribution >= 0.6 is 0 Å². The number of likely N-dealkylation sites (tertiary alicyclic amines) is 2. The van der Waals surface area contributed by atoms with Gasteiger partial charge in [-0.1, -0.05) is 31.0 Å². The largest absolute Gasteiger partial charge is 0.494 e. The van der Waals surface area contributed by atoms with Crippen LogP contribution in [0.15, 0.2) is 54.6 Å². The summed E-state index contributed by atoms with van der Waals surface area (Å²) >= 11 is 0. The van der Waals surface area contributed by atoms with E-state index in [0.29, 0.717) is 30.8 Å². The highest BCUT2D eigenvalue weighted by atomic mass is 16.5. The molecular weight excluding hydrogens is 478 g/mol. The number of piperidine rings is 1. The minimum absolute atomic E-state index is 0.0630. The number of hydrogen-bond acceptors (Lipinski definition) is 4. The molecule has 5 rings (SSSR count). The molecule has 0 aromatic heterocycles. The Labute approximate surface area is 225 Å². The van der Waals surface area contributed by atoms with Gasteiger partial charge in [0, 0.05) is 43.3 Å². The van der Waals surface area contributed by atoms with Gasteiger partial charge in [-0.3, -0.25) is 14.4 Å². The second kappa shape index (κ2) is 11.6. The molecule has 2 aromatic rings. The molecule has 3 amide bonds. The minimum atomic E-state index is -0.159. The summed E-state index contributed by atoms with van der Waals surface area (Å²) in [5.74, 6) is 0.767. The fourth-order valence-electron chi connectivity index (χ4n) is 6.43. The standard InChI is InChI=1S/C31H39N3O4/c1-2-38-25-14-12-24(13-15-25)29(36)33-19-16-31(17-20-33)18-21-34(22-31)30(37)26-10-6-7-11-27(26)32-28(35)23-8-4-3-5-9-23/h3-5,8-9,12-15,26-27H,2,6-7,10-11,16-22H2,1H3,(H,32,35). The van der Waals surface area contributed by atoms with E-state index in [2.05, 4.69) is 5.32 Å². The van der Waals surface area contributed by atoms with Crippen molar-refractivity contribution in [3.8, 4) is 5.75 Å². The molecular formula is C31H39N3O4. The second-order valence-electron chi connectivity index (χ2n) is 11.1. The van der Waals surface area contributed by atoms with Gasteiger partial charge in [0.2, 0.25) is 5.91 Å². The molecule has 3 aliphatic rings. The van der Waals surface area contributed by atoms with Crippen molar-refractivity contribution in [1.82, 2.24) is 15.1 Å². The Kier molecular flexibility index (Phi) is 8.01. The summed E-state index contributed by atoms with van der Waals surface area (Å²) in [6.45, 7) is 5.50. The molecule has 1 aliphatic carbocycles. The van der Waals surface area contributed by atoms with Crippen LogP contribution in [0.4, 0.5) is 0 Å². The maximum Gasteiger partial charge on any atom is 0.253 e. The molecule has 1 N–H and O–H groups in total. The van der Waals surface area contributed by atoms with Crippen molar-refractivity contribution >= 4 is 17.7 Å². The number of carbonyl (C=O) groups is 3. The topological polar surface area (TPSA) is 79.0 Å². The zero-order valence-corrected chi connectivity index (χ0v) is 22.4. The number of hydrogen-bond donors (Lipinski definition) is 1. The molecule has 0 radical (unpaired) electrons. The first-order chi connectivity index (χ1) is 18.5. The molecule has 0 bridgehead atoms. The summed E-state index contributed by atoms with van der Waals surface area (Å²) in [5, 5.41) is 3.17. The molecule has 3 fully saturated rings. The molecule has 7 heteroatoms. The van der Waals surface area contributed by atoms with E-state index in [1.807, 2.05) is 71.3 Å². The van der Waals surface area contributed by atoms with Gasteiger partial charge in [0.15, 0.2) is 0 Å². The van der Waals surface area contributed by atoms with E-state index < -0.39 is 0 Å². The normalized spacial score (nSPS) is 22.8. The third-order valence-corrected chi connectivity index (χ3v) is 8.71. The van der Waals surface area contributed by atoms with Gasteiger partial charge in [-0.05, 0) is 80.8 Å². The summed E-state index contributed by atoms with van der Waals surface area (Å²) in [7, 11) is 0. The zero-order valence-electron chi connectivity index (χ0n) is 22.4. The average Bonchev–Trinajstić information content (AvgIpc) is 3.37. The number of nitrogens with one attached hydrogen (secondary N) is 1. The number of benzene rings is 2. The third kappa shape index (κ3) is 5.71. The van der Waals surface area contributed by atoms with Gasteiger partial charge in [0.25, 0.3) is 11.8 Å². The average molecular weight is 518 g/mol. The van der Waals surface area contributed by atoms with Crippen molar-refractivity contribution in [2.24, 2.45) is 11.3 Å². The lowest BCUT2D eigenvalue weighted by atomic mass is 9.77. The summed E-state index contributed by atoms with van der Waals surface area (Å²) in [4.78, 5) is 43.5. The Balaban J connectivity index is 1.16. The van der Waals surface area contributed by atoms with E-state index in [-0.39, 0.29) is 35.1 Å². The third-order valence-electron chi connectivity index (χ3n) is 8.71. The van der Waals surface area contributed by atoms with Gasteiger partial charge in [0.1, 0.15) is 5.75 Å². The van der Waals surface area contributed by atoms with E-state index >= 15 is 0 Å². The number of nitrogens with zero attached hydrogens (tertiary/aromatic N) is 2. The summed E-state index contributed by atoms with van der Waals surface area (Å²) in [6, 6.07) is 16.5. The number of carbonyl (C=O) groups excluding carboxylic acids is 3. The molecule has 38 heavy (non-hydrogen) atoms. The lowest BCUT2D eigenvalue weighted by Crippen LogP contribution is -2.50. The predicted octanol–water partition coefficient (Wildman–Crippen LogP) is 4.53. The van der Waals surface area contributed by atoms with E-state index in [1.165, 1.54) is 0 Å². The summed E-state index contributed by atoms with van der Waals surface area (Å²) in [6.07, 6.45) is 6.54. The Morgan fingerprint density at radius 2 is 1.53 bits per heavy atom. The number of amides is 3. The van der Waals surface area contributed by atoms with Crippen molar-refractivity contribution in [3.05, 3.63) is 65.7 Å². The van der Waals surface area contributed by atoms with Crippen molar-refractivity contribution in [1.29, 1.82) is 0 Å². The van der Waals surface area contributed by atoms with Crippen LogP contribution in [0.1, 0.15) is 72.6 Å². The van der Waals surface area contributed by atoms with Crippen molar-refractivity contribution in [2.45, 2.75) is 57.9 Å². The lowest BCUT2D eigenvalue weighted by molar-refractivity contribution is -0.136. The quantitative estimate of drug-likeness (QED) is 0.611. The highest BCUT2D eigenvalue weighted by Crippen LogP contribution is 2.42. The van der Waals surface area contributed by atoms with Crippen LogP contribution in [0.2, 0.25) is 0 Å². The van der Waals surface area contributed by atoms with Gasteiger partial charge < -0.3 is 19.9 Å². The highest BCUT2D eigenvalue weighted by molar-refractivity contribution is 5.95. The predicted molar refractivity (Wildman–Crippen MR) is 146 cm³/mol. The maximum absolute atomic E-state index is 13.7. The molecule has 2 aromatic carbocycles. The van der Waals surface area contributed by atoms with E-state index in [9.17, 15) is 14.4 Å². The molecule has 1 spiro atoms. The van der Waals surface area contributed by atoms with E-state index in [1.54, 1.807) is 0 Å². The van der Waals surface area contributed by atoms with Crippen LogP contribution in [0.5, 0.6) is 5.75 Å². The first kappa shape index (κ1) is 26.3. The van der Waals surface area contributed by atoms with Gasteiger partial charge in [-0.2, -0.15) is 0 Å². The monoisotopic (exact) mass is 517 g/mol. The smallest absolute Gasteiger partial charge is 0.253 e. The second-order valence-corrected chi connectivity index (χ2v) is 11.1. The Hall–Kier alpha value is -3.35. The molecule has 2 unspecified atom stereocenters. The molecule has 2 aliphatic heterocycles. The molecule has 2 heterocycles. The maximum atomic E-state index is 13.7. The Morgan fingerprint density at radius 3 is 2.21 bits per heavy atom. The van der Waals surface area contributed by atoms with Crippen LogP contribution in [-0.2, 0) is 4.79 Å². The van der Waals surface area contributed by atoms with Crippen LogP contribution in [0, 0.1) is 11.3 Å². The molecule has 7 nitrogen and oxygen atoms in total. The summed E-state index contributed by atoms with van der Waals surface area (Å²) < 4.78 is 5.49. The number of rotatable bonds is 6. The van der Waals surface area contributed by atoms with Gasteiger partial charge in [-0.15, -0.1) is 0 Å². The van der Waals surface area contributed by atoms with Crippen LogP contribution in [0.25, 0.3) is 0 Å².